The van der Waals surface area contributed by atoms with Crippen molar-refractivity contribution in [3.8, 4) is 0 Å². The Bertz CT molecular complexity index is 282. The second kappa shape index (κ2) is 5.85. The summed E-state index contributed by atoms with van der Waals surface area (Å²) >= 11 is 0. The summed E-state index contributed by atoms with van der Waals surface area (Å²) in [5, 5.41) is 13.0. The molecule has 0 aromatic heterocycles. The minimum atomic E-state index is -0.317. The average molecular weight is 209 g/mol. The Morgan fingerprint density at radius 1 is 1.27 bits per heavy atom. The lowest BCUT2D eigenvalue weighted by Gasteiger charge is -2.13. The van der Waals surface area contributed by atoms with Gasteiger partial charge in [-0.15, -0.1) is 0 Å². The van der Waals surface area contributed by atoms with Crippen molar-refractivity contribution in [2.75, 3.05) is 6.54 Å². The van der Waals surface area contributed by atoms with Gasteiger partial charge in [0.1, 0.15) is 5.69 Å². The highest BCUT2D eigenvalue weighted by Crippen LogP contribution is 2.06. The van der Waals surface area contributed by atoms with E-state index in [4.69, 9.17) is 0 Å². The van der Waals surface area contributed by atoms with Gasteiger partial charge in [-0.3, -0.25) is 0 Å². The topological polar surface area (TPSA) is 59.9 Å². The Labute approximate surface area is 91.3 Å². The molecule has 0 fully saturated rings. The SMILES string of the molecule is CC(C)NCC(O)Cc1ccc([NH3+])cc1. The number of benzene rings is 1. The molecule has 84 valence electrons. The molecule has 1 rings (SSSR count). The van der Waals surface area contributed by atoms with Crippen LogP contribution in [0.3, 0.4) is 0 Å². The van der Waals surface area contributed by atoms with Gasteiger partial charge in [-0.25, -0.2) is 0 Å². The van der Waals surface area contributed by atoms with E-state index in [0.29, 0.717) is 19.0 Å². The summed E-state index contributed by atoms with van der Waals surface area (Å²) in [5.41, 5.74) is 5.99. The van der Waals surface area contributed by atoms with E-state index in [1.807, 2.05) is 24.3 Å². The number of nitrogens with one attached hydrogen (secondary N) is 1. The normalized spacial score (nSPS) is 13.1. The molecule has 1 aromatic rings. The summed E-state index contributed by atoms with van der Waals surface area (Å²) in [6.45, 7) is 4.79. The molecular formula is C12H21N2O+. The zero-order valence-electron chi connectivity index (χ0n) is 9.53. The molecule has 0 spiro atoms. The van der Waals surface area contributed by atoms with Crippen molar-refractivity contribution in [3.63, 3.8) is 0 Å². The van der Waals surface area contributed by atoms with Gasteiger partial charge in [-0.2, -0.15) is 0 Å². The smallest absolute Gasteiger partial charge is 0.127 e. The fourth-order valence-electron chi connectivity index (χ4n) is 1.39. The molecule has 0 radical (unpaired) electrons. The first-order chi connectivity index (χ1) is 7.08. The fraction of sp³-hybridized carbons (Fsp3) is 0.500. The minimum absolute atomic E-state index is 0.317. The summed E-state index contributed by atoms with van der Waals surface area (Å²) in [6, 6.07) is 8.39. The van der Waals surface area contributed by atoms with Gasteiger partial charge in [0.25, 0.3) is 0 Å². The molecule has 0 amide bonds. The predicted octanol–water partition coefficient (Wildman–Crippen LogP) is 0.461. The summed E-state index contributed by atoms with van der Waals surface area (Å²) in [6.07, 6.45) is 0.378. The van der Waals surface area contributed by atoms with E-state index >= 15 is 0 Å². The maximum absolute atomic E-state index is 9.74. The molecule has 15 heavy (non-hydrogen) atoms. The zero-order chi connectivity index (χ0) is 11.3. The third kappa shape index (κ3) is 4.93. The van der Waals surface area contributed by atoms with Gasteiger partial charge in [-0.1, -0.05) is 26.0 Å². The lowest BCUT2D eigenvalue weighted by atomic mass is 10.1. The third-order valence-corrected chi connectivity index (χ3v) is 2.26. The fourth-order valence-corrected chi connectivity index (χ4v) is 1.39. The van der Waals surface area contributed by atoms with Crippen LogP contribution < -0.4 is 11.1 Å². The molecular weight excluding hydrogens is 188 g/mol. The molecule has 3 heteroatoms. The van der Waals surface area contributed by atoms with E-state index in [1.54, 1.807) is 0 Å². The molecule has 0 aliphatic carbocycles. The van der Waals surface area contributed by atoms with Crippen molar-refractivity contribution >= 4 is 5.69 Å². The molecule has 0 bridgehead atoms. The number of hydrogen-bond donors (Lipinski definition) is 3. The van der Waals surface area contributed by atoms with E-state index in [0.717, 1.165) is 11.3 Å². The van der Waals surface area contributed by atoms with E-state index in [1.165, 1.54) is 0 Å². The van der Waals surface area contributed by atoms with Gasteiger partial charge >= 0.3 is 0 Å². The molecule has 5 N–H and O–H groups in total. The van der Waals surface area contributed by atoms with E-state index in [9.17, 15) is 5.11 Å². The van der Waals surface area contributed by atoms with Crippen LogP contribution in [-0.4, -0.2) is 23.8 Å². The van der Waals surface area contributed by atoms with Crippen molar-refractivity contribution in [1.29, 1.82) is 0 Å². The maximum atomic E-state index is 9.74. The monoisotopic (exact) mass is 209 g/mol. The van der Waals surface area contributed by atoms with Gasteiger partial charge < -0.3 is 16.2 Å². The first-order valence-corrected chi connectivity index (χ1v) is 5.40. The first kappa shape index (κ1) is 12.2. The van der Waals surface area contributed by atoms with Gasteiger partial charge in [0, 0.05) is 12.6 Å². The second-order valence-electron chi connectivity index (χ2n) is 4.24. The molecule has 0 saturated heterocycles. The Hall–Kier alpha value is -0.900. The highest BCUT2D eigenvalue weighted by Gasteiger charge is 2.06. The lowest BCUT2D eigenvalue weighted by molar-refractivity contribution is -0.254. The van der Waals surface area contributed by atoms with Gasteiger partial charge in [0.2, 0.25) is 0 Å². The largest absolute Gasteiger partial charge is 0.391 e. The summed E-state index contributed by atoms with van der Waals surface area (Å²) in [4.78, 5) is 0. The predicted molar refractivity (Wildman–Crippen MR) is 61.8 cm³/mol. The Kier molecular flexibility index (Phi) is 4.75. The van der Waals surface area contributed by atoms with Gasteiger partial charge in [0.05, 0.1) is 6.10 Å². The molecule has 1 aromatic carbocycles. The van der Waals surface area contributed by atoms with Crippen LogP contribution in [0.15, 0.2) is 24.3 Å². The third-order valence-electron chi connectivity index (χ3n) is 2.26. The highest BCUT2D eigenvalue weighted by atomic mass is 16.3. The molecule has 0 aliphatic rings. The van der Waals surface area contributed by atoms with E-state index < -0.39 is 0 Å². The molecule has 1 unspecified atom stereocenters. The van der Waals surface area contributed by atoms with Crippen molar-refractivity contribution in [3.05, 3.63) is 29.8 Å². The lowest BCUT2D eigenvalue weighted by Crippen LogP contribution is -2.40. The van der Waals surface area contributed by atoms with Gasteiger partial charge in [-0.05, 0) is 24.1 Å². The molecule has 0 saturated carbocycles. The summed E-state index contributed by atoms with van der Waals surface area (Å²) in [7, 11) is 0. The van der Waals surface area contributed by atoms with Gasteiger partial charge in [0.15, 0.2) is 0 Å². The van der Waals surface area contributed by atoms with Crippen molar-refractivity contribution in [2.24, 2.45) is 0 Å². The standard InChI is InChI=1S/C12H20N2O/c1-9(2)14-8-12(15)7-10-3-5-11(13)6-4-10/h3-6,9,12,14-15H,7-8,13H2,1-2H3/p+1. The van der Waals surface area contributed by atoms with E-state index in [2.05, 4.69) is 24.9 Å². The Balaban J connectivity index is 2.37. The second-order valence-corrected chi connectivity index (χ2v) is 4.24. The van der Waals surface area contributed by atoms with Crippen LogP contribution >= 0.6 is 0 Å². The van der Waals surface area contributed by atoms with Crippen LogP contribution in [0.25, 0.3) is 0 Å². The highest BCUT2D eigenvalue weighted by molar-refractivity contribution is 5.31. The molecule has 0 heterocycles. The number of aliphatic hydroxyl groups is 1. The molecule has 1 atom stereocenters. The van der Waals surface area contributed by atoms with Crippen LogP contribution in [0.5, 0.6) is 0 Å². The summed E-state index contributed by atoms with van der Waals surface area (Å²) in [5.74, 6) is 0. The number of rotatable bonds is 5. The molecule has 0 aliphatic heterocycles. The van der Waals surface area contributed by atoms with Crippen molar-refractivity contribution in [2.45, 2.75) is 32.4 Å². The van der Waals surface area contributed by atoms with E-state index in [-0.39, 0.29) is 6.10 Å². The number of aliphatic hydroxyl groups excluding tert-OH is 1. The van der Waals surface area contributed by atoms with Crippen LogP contribution in [-0.2, 0) is 6.42 Å². The maximum Gasteiger partial charge on any atom is 0.127 e. The van der Waals surface area contributed by atoms with Crippen LogP contribution in [0.2, 0.25) is 0 Å². The number of hydrogen-bond acceptors (Lipinski definition) is 2. The van der Waals surface area contributed by atoms with Crippen LogP contribution in [0.4, 0.5) is 5.69 Å². The number of quaternary nitrogens is 1. The average Bonchev–Trinajstić information content (AvgIpc) is 2.19. The Morgan fingerprint density at radius 2 is 1.87 bits per heavy atom. The Morgan fingerprint density at radius 3 is 2.40 bits per heavy atom. The van der Waals surface area contributed by atoms with Crippen molar-refractivity contribution < 1.29 is 10.8 Å². The summed E-state index contributed by atoms with van der Waals surface area (Å²) < 4.78 is 0. The van der Waals surface area contributed by atoms with Crippen molar-refractivity contribution in [1.82, 2.24) is 5.32 Å². The van der Waals surface area contributed by atoms with Crippen LogP contribution in [0, 0.1) is 0 Å². The zero-order valence-corrected chi connectivity index (χ0v) is 9.53. The van der Waals surface area contributed by atoms with Crippen LogP contribution in [0.1, 0.15) is 19.4 Å². The quantitative estimate of drug-likeness (QED) is 0.660. The minimum Gasteiger partial charge on any atom is -0.391 e. The molecule has 3 nitrogen and oxygen atoms in total. The first-order valence-electron chi connectivity index (χ1n) is 5.40.